The molecule has 7 nitrogen and oxygen atoms in total. The van der Waals surface area contributed by atoms with Crippen LogP contribution in [0.5, 0.6) is 0 Å². The number of carbonyl (C=O) groups excluding carboxylic acids is 1. The molecule has 0 bridgehead atoms. The number of aromatic amines is 1. The Balaban J connectivity index is 0.000000254. The van der Waals surface area contributed by atoms with E-state index in [0.717, 1.165) is 13.1 Å². The van der Waals surface area contributed by atoms with Crippen molar-refractivity contribution >= 4 is 17.5 Å². The van der Waals surface area contributed by atoms with E-state index in [0.29, 0.717) is 17.9 Å². The van der Waals surface area contributed by atoms with E-state index in [1.807, 2.05) is 7.05 Å². The number of benzene rings is 1. The van der Waals surface area contributed by atoms with Crippen LogP contribution in [0.2, 0.25) is 0 Å². The molecule has 2 aromatic rings. The Morgan fingerprint density at radius 2 is 2.13 bits per heavy atom. The normalized spacial score (nSPS) is 17.1. The highest BCUT2D eigenvalue weighted by molar-refractivity contribution is 5.77. The number of nitriles is 1. The predicted octanol–water partition coefficient (Wildman–Crippen LogP) is 4.52. The van der Waals surface area contributed by atoms with Gasteiger partial charge < -0.3 is 15.1 Å². The number of nitrogens with one attached hydrogen (secondary N) is 2. The van der Waals surface area contributed by atoms with Gasteiger partial charge in [0.1, 0.15) is 11.8 Å². The van der Waals surface area contributed by atoms with Crippen LogP contribution in [-0.4, -0.2) is 48.6 Å². The van der Waals surface area contributed by atoms with Gasteiger partial charge in [0.2, 0.25) is 0 Å². The zero-order valence-electron chi connectivity index (χ0n) is 18.4. The quantitative estimate of drug-likeness (QED) is 0.690. The van der Waals surface area contributed by atoms with Crippen molar-refractivity contribution in [2.24, 2.45) is 0 Å². The summed E-state index contributed by atoms with van der Waals surface area (Å²) in [6, 6.07) is 8.82. The first-order chi connectivity index (χ1) is 15.2. The van der Waals surface area contributed by atoms with Crippen molar-refractivity contribution in [2.75, 3.05) is 32.6 Å². The Hall–Kier alpha value is -2.95. The van der Waals surface area contributed by atoms with Crippen LogP contribution in [0.1, 0.15) is 71.9 Å². The number of imidazole rings is 1. The van der Waals surface area contributed by atoms with Crippen molar-refractivity contribution in [3.05, 3.63) is 53.1 Å². The lowest BCUT2D eigenvalue weighted by Crippen LogP contribution is -2.31. The van der Waals surface area contributed by atoms with Crippen LogP contribution < -0.4 is 5.32 Å². The number of allylic oxidation sites excluding steroid dienone is 2. The van der Waals surface area contributed by atoms with E-state index >= 15 is 0 Å². The molecule has 1 aromatic carbocycles. The van der Waals surface area contributed by atoms with Gasteiger partial charge in [0.25, 0.3) is 0 Å². The molecule has 2 aliphatic rings. The van der Waals surface area contributed by atoms with Crippen molar-refractivity contribution in [1.82, 2.24) is 15.0 Å². The third-order valence-corrected chi connectivity index (χ3v) is 5.96. The van der Waals surface area contributed by atoms with Crippen LogP contribution in [0.3, 0.4) is 0 Å². The lowest BCUT2D eigenvalue weighted by atomic mass is 9.86. The van der Waals surface area contributed by atoms with Gasteiger partial charge >= 0.3 is 0 Å². The van der Waals surface area contributed by atoms with Crippen LogP contribution in [0.15, 0.2) is 30.5 Å². The smallest absolute Gasteiger partial charge is 0.185 e. The van der Waals surface area contributed by atoms with Crippen LogP contribution in [0.25, 0.3) is 5.57 Å². The lowest BCUT2D eigenvalue weighted by Gasteiger charge is -2.30. The molecule has 0 radical (unpaired) electrons. The van der Waals surface area contributed by atoms with Crippen LogP contribution in [0, 0.1) is 11.3 Å². The van der Waals surface area contributed by atoms with E-state index in [9.17, 15) is 4.79 Å². The fourth-order valence-corrected chi connectivity index (χ4v) is 4.21. The van der Waals surface area contributed by atoms with Crippen LogP contribution in [0.4, 0.5) is 5.69 Å². The summed E-state index contributed by atoms with van der Waals surface area (Å²) in [4.78, 5) is 21.3. The zero-order chi connectivity index (χ0) is 22.1. The Morgan fingerprint density at radius 3 is 2.68 bits per heavy atom. The van der Waals surface area contributed by atoms with Crippen LogP contribution >= 0.6 is 0 Å². The van der Waals surface area contributed by atoms with Gasteiger partial charge in [0.15, 0.2) is 12.1 Å². The van der Waals surface area contributed by atoms with Gasteiger partial charge in [-0.25, -0.2) is 4.98 Å². The molecule has 0 amide bonds. The van der Waals surface area contributed by atoms with Crippen molar-refractivity contribution in [2.45, 2.75) is 44.4 Å². The standard InChI is InChI=1S/C19H28N2O.C5H3N3O/c1-20-19-9-8-17(15-10-12-21(22-2)13-11-15)14-18(19)16-6-4-3-5-7-16;6-1-4-2-7-5(3-9)8-4/h6,8-9,14-15,20H,3-5,7,10-13H2,1-2H3;2-3H,(H,7,8). The SMILES string of the molecule is CNc1ccc(C2CCN(OC)CC2)cc1C1=CCCCC1.N#Cc1cnc(C=O)[nH]1. The van der Waals surface area contributed by atoms with E-state index in [4.69, 9.17) is 10.1 Å². The third-order valence-electron chi connectivity index (χ3n) is 5.96. The van der Waals surface area contributed by atoms with E-state index in [1.54, 1.807) is 13.2 Å². The summed E-state index contributed by atoms with van der Waals surface area (Å²) in [5, 5.41) is 13.7. The van der Waals surface area contributed by atoms with Gasteiger partial charge in [-0.3, -0.25) is 4.79 Å². The number of aromatic nitrogens is 2. The van der Waals surface area contributed by atoms with E-state index in [-0.39, 0.29) is 5.82 Å². The number of piperidine rings is 1. The molecular weight excluding hydrogens is 390 g/mol. The zero-order valence-corrected chi connectivity index (χ0v) is 18.4. The van der Waals surface area contributed by atoms with Crippen molar-refractivity contribution < 1.29 is 9.63 Å². The Bertz CT molecular complexity index is 936. The molecule has 2 heterocycles. The molecule has 0 unspecified atom stereocenters. The van der Waals surface area contributed by atoms with Crippen LogP contribution in [-0.2, 0) is 4.84 Å². The molecule has 4 rings (SSSR count). The molecule has 0 saturated carbocycles. The number of hydrogen-bond acceptors (Lipinski definition) is 6. The van der Waals surface area contributed by atoms with E-state index in [2.05, 4.69) is 44.6 Å². The Morgan fingerprint density at radius 1 is 1.32 bits per heavy atom. The second-order valence-electron chi connectivity index (χ2n) is 7.83. The second kappa shape index (κ2) is 11.4. The maximum atomic E-state index is 9.93. The molecule has 7 heteroatoms. The summed E-state index contributed by atoms with van der Waals surface area (Å²) in [7, 11) is 3.80. The van der Waals surface area contributed by atoms with Gasteiger partial charge in [-0.1, -0.05) is 12.1 Å². The summed E-state index contributed by atoms with van der Waals surface area (Å²) in [5.74, 6) is 0.854. The number of carbonyl (C=O) groups is 1. The van der Waals surface area contributed by atoms with Gasteiger partial charge in [0.05, 0.1) is 13.3 Å². The maximum Gasteiger partial charge on any atom is 0.185 e. The predicted molar refractivity (Wildman–Crippen MR) is 122 cm³/mol. The molecule has 1 aliphatic heterocycles. The summed E-state index contributed by atoms with van der Waals surface area (Å²) < 4.78 is 0. The van der Waals surface area contributed by atoms with Gasteiger partial charge in [-0.15, -0.1) is 0 Å². The van der Waals surface area contributed by atoms with E-state index < -0.39 is 0 Å². The highest BCUT2D eigenvalue weighted by Gasteiger charge is 2.21. The number of aldehydes is 1. The van der Waals surface area contributed by atoms with Crippen molar-refractivity contribution in [1.29, 1.82) is 5.26 Å². The molecule has 1 aliphatic carbocycles. The minimum atomic E-state index is 0.187. The molecule has 0 atom stereocenters. The molecule has 1 fully saturated rings. The number of anilines is 1. The van der Waals surface area contributed by atoms with Gasteiger partial charge in [-0.05, 0) is 67.7 Å². The summed E-state index contributed by atoms with van der Waals surface area (Å²) in [5.41, 5.74) is 6.03. The Kier molecular flexibility index (Phi) is 8.39. The summed E-state index contributed by atoms with van der Waals surface area (Å²) in [6.45, 7) is 2.07. The van der Waals surface area contributed by atoms with Gasteiger partial charge in [0, 0.05) is 31.4 Å². The number of nitrogens with zero attached hydrogens (tertiary/aromatic N) is 3. The monoisotopic (exact) mass is 421 g/mol. The van der Waals surface area contributed by atoms with Crippen molar-refractivity contribution in [3.8, 4) is 6.07 Å². The maximum absolute atomic E-state index is 9.93. The summed E-state index contributed by atoms with van der Waals surface area (Å²) >= 11 is 0. The highest BCUT2D eigenvalue weighted by atomic mass is 16.7. The number of rotatable bonds is 5. The molecule has 0 spiro atoms. The second-order valence-corrected chi connectivity index (χ2v) is 7.83. The van der Waals surface area contributed by atoms with E-state index in [1.165, 1.54) is 67.1 Å². The number of hydroxylamine groups is 2. The highest BCUT2D eigenvalue weighted by Crippen LogP contribution is 2.36. The molecule has 1 aromatic heterocycles. The first-order valence-corrected chi connectivity index (χ1v) is 10.9. The fourth-order valence-electron chi connectivity index (χ4n) is 4.21. The first-order valence-electron chi connectivity index (χ1n) is 10.9. The average Bonchev–Trinajstić information content (AvgIpc) is 3.33. The fraction of sp³-hybridized carbons (Fsp3) is 0.458. The first kappa shape index (κ1) is 22.7. The number of H-pyrrole nitrogens is 1. The molecular formula is C24H31N5O2. The third kappa shape index (κ3) is 6.03. The topological polar surface area (TPSA) is 94.0 Å². The molecule has 164 valence electrons. The molecule has 2 N–H and O–H groups in total. The minimum absolute atomic E-state index is 0.187. The number of hydrogen-bond donors (Lipinski definition) is 2. The molecule has 1 saturated heterocycles. The Labute approximate surface area is 184 Å². The minimum Gasteiger partial charge on any atom is -0.388 e. The van der Waals surface area contributed by atoms with Gasteiger partial charge in [-0.2, -0.15) is 10.3 Å². The average molecular weight is 422 g/mol. The summed E-state index contributed by atoms with van der Waals surface area (Å²) in [6.07, 6.45) is 11.8. The van der Waals surface area contributed by atoms with Crippen molar-refractivity contribution in [3.63, 3.8) is 0 Å². The largest absolute Gasteiger partial charge is 0.388 e. The lowest BCUT2D eigenvalue weighted by molar-refractivity contribution is -0.143. The molecule has 31 heavy (non-hydrogen) atoms.